The van der Waals surface area contributed by atoms with Crippen molar-refractivity contribution in [3.63, 3.8) is 0 Å². The standard InChI is InChI=1S/C17H21NO8S/c1-18(2)27(20,21)16-7-6-11(26-16)10-25-17(19)12-8-14(23-4)15(24-5)9-13(12)22-3/h6-9H,10H2,1-5H3. The van der Waals surface area contributed by atoms with Gasteiger partial charge in [0, 0.05) is 26.2 Å². The van der Waals surface area contributed by atoms with Gasteiger partial charge in [-0.3, -0.25) is 0 Å². The molecule has 0 fully saturated rings. The number of hydrogen-bond acceptors (Lipinski definition) is 8. The molecule has 0 radical (unpaired) electrons. The largest absolute Gasteiger partial charge is 0.496 e. The van der Waals surface area contributed by atoms with Crippen LogP contribution in [0.25, 0.3) is 0 Å². The summed E-state index contributed by atoms with van der Waals surface area (Å²) in [6, 6.07) is 5.67. The molecule has 2 rings (SSSR count). The van der Waals surface area contributed by atoms with Gasteiger partial charge in [-0.05, 0) is 12.1 Å². The second kappa shape index (κ2) is 8.31. The summed E-state index contributed by atoms with van der Waals surface area (Å²) >= 11 is 0. The van der Waals surface area contributed by atoms with Crippen molar-refractivity contribution in [1.82, 2.24) is 4.31 Å². The fourth-order valence-corrected chi connectivity index (χ4v) is 2.97. The molecule has 0 aliphatic heterocycles. The van der Waals surface area contributed by atoms with Crippen molar-refractivity contribution < 1.29 is 36.6 Å². The molecule has 1 aromatic heterocycles. The molecule has 0 saturated carbocycles. The van der Waals surface area contributed by atoms with Crippen LogP contribution in [0.15, 0.2) is 33.8 Å². The quantitative estimate of drug-likeness (QED) is 0.620. The second-order valence-electron chi connectivity index (χ2n) is 5.49. The highest BCUT2D eigenvalue weighted by Crippen LogP contribution is 2.35. The third-order valence-corrected chi connectivity index (χ3v) is 5.33. The topological polar surface area (TPSA) is 105 Å². The van der Waals surface area contributed by atoms with Crippen LogP contribution in [0, 0.1) is 0 Å². The van der Waals surface area contributed by atoms with Gasteiger partial charge in [-0.25, -0.2) is 17.5 Å². The van der Waals surface area contributed by atoms with Crippen LogP contribution < -0.4 is 14.2 Å². The smallest absolute Gasteiger partial charge is 0.342 e. The fourth-order valence-electron chi connectivity index (χ4n) is 2.16. The Balaban J connectivity index is 2.18. The predicted octanol–water partition coefficient (Wildman–Crippen LogP) is 1.91. The molecule has 0 aliphatic carbocycles. The van der Waals surface area contributed by atoms with Crippen LogP contribution in [-0.4, -0.2) is 54.1 Å². The molecule has 0 spiro atoms. The van der Waals surface area contributed by atoms with Crippen molar-refractivity contribution in [3.05, 3.63) is 35.6 Å². The summed E-state index contributed by atoms with van der Waals surface area (Å²) in [5.41, 5.74) is 0.128. The van der Waals surface area contributed by atoms with Gasteiger partial charge >= 0.3 is 5.97 Å². The Hall–Kier alpha value is -2.72. The summed E-state index contributed by atoms with van der Waals surface area (Å²) < 4.78 is 51.0. The number of rotatable bonds is 8. The molecule has 2 aromatic rings. The molecular formula is C17H21NO8S. The summed E-state index contributed by atoms with van der Waals surface area (Å²) in [5.74, 6) is 0.468. The Bertz CT molecular complexity index is 917. The number of furan rings is 1. The molecule has 0 unspecified atom stereocenters. The maximum atomic E-state index is 12.4. The zero-order chi connectivity index (χ0) is 20.2. The summed E-state index contributed by atoms with van der Waals surface area (Å²) in [6.07, 6.45) is 0. The van der Waals surface area contributed by atoms with E-state index in [1.54, 1.807) is 0 Å². The van der Waals surface area contributed by atoms with E-state index < -0.39 is 16.0 Å². The Labute approximate surface area is 157 Å². The molecular weight excluding hydrogens is 378 g/mol. The van der Waals surface area contributed by atoms with Gasteiger partial charge in [0.25, 0.3) is 10.0 Å². The van der Waals surface area contributed by atoms with Crippen LogP contribution in [-0.2, 0) is 21.4 Å². The lowest BCUT2D eigenvalue weighted by atomic mass is 10.1. The van der Waals surface area contributed by atoms with Crippen molar-refractivity contribution >= 4 is 16.0 Å². The van der Waals surface area contributed by atoms with Gasteiger partial charge in [0.15, 0.2) is 11.5 Å². The first-order chi connectivity index (χ1) is 12.7. The summed E-state index contributed by atoms with van der Waals surface area (Å²) in [5, 5.41) is -0.234. The highest BCUT2D eigenvalue weighted by molar-refractivity contribution is 7.88. The van der Waals surface area contributed by atoms with E-state index in [1.165, 1.54) is 59.7 Å². The van der Waals surface area contributed by atoms with Gasteiger partial charge in [-0.2, -0.15) is 0 Å². The Kier molecular flexibility index (Phi) is 6.34. The van der Waals surface area contributed by atoms with Crippen LogP contribution in [0.5, 0.6) is 17.2 Å². The van der Waals surface area contributed by atoms with Crippen molar-refractivity contribution in [2.45, 2.75) is 11.7 Å². The highest BCUT2D eigenvalue weighted by Gasteiger charge is 2.23. The van der Waals surface area contributed by atoms with Crippen molar-refractivity contribution in [2.24, 2.45) is 0 Å². The monoisotopic (exact) mass is 399 g/mol. The minimum atomic E-state index is -3.70. The van der Waals surface area contributed by atoms with Gasteiger partial charge in [0.05, 0.1) is 21.3 Å². The first kappa shape index (κ1) is 20.6. The molecule has 0 aliphatic rings. The van der Waals surface area contributed by atoms with E-state index >= 15 is 0 Å². The number of hydrogen-bond donors (Lipinski definition) is 0. The number of benzene rings is 1. The van der Waals surface area contributed by atoms with Crippen LogP contribution in [0.2, 0.25) is 0 Å². The van der Waals surface area contributed by atoms with Crippen LogP contribution in [0.4, 0.5) is 0 Å². The number of ether oxygens (including phenoxy) is 4. The maximum Gasteiger partial charge on any atom is 0.342 e. The van der Waals surface area contributed by atoms with Crippen LogP contribution in [0.3, 0.4) is 0 Å². The first-order valence-electron chi connectivity index (χ1n) is 7.73. The number of esters is 1. The summed E-state index contributed by atoms with van der Waals surface area (Å²) in [7, 11) is 3.39. The number of carbonyl (C=O) groups is 1. The number of sulfonamides is 1. The van der Waals surface area contributed by atoms with Gasteiger partial charge in [0.2, 0.25) is 5.09 Å². The van der Waals surface area contributed by atoms with Crippen LogP contribution >= 0.6 is 0 Å². The van der Waals surface area contributed by atoms with E-state index in [0.29, 0.717) is 11.5 Å². The first-order valence-corrected chi connectivity index (χ1v) is 9.17. The highest BCUT2D eigenvalue weighted by atomic mass is 32.2. The number of methoxy groups -OCH3 is 3. The van der Waals surface area contributed by atoms with E-state index in [9.17, 15) is 13.2 Å². The Morgan fingerprint density at radius 2 is 1.59 bits per heavy atom. The molecule has 0 N–H and O–H groups in total. The van der Waals surface area contributed by atoms with Gasteiger partial charge < -0.3 is 23.4 Å². The molecule has 1 heterocycles. The summed E-state index contributed by atoms with van der Waals surface area (Å²) in [6.45, 7) is -0.251. The molecule has 0 atom stereocenters. The average Bonchev–Trinajstić information content (AvgIpc) is 3.14. The number of nitrogens with zero attached hydrogens (tertiary/aromatic N) is 1. The lowest BCUT2D eigenvalue weighted by Gasteiger charge is -2.13. The Morgan fingerprint density at radius 1 is 1.00 bits per heavy atom. The summed E-state index contributed by atoms with van der Waals surface area (Å²) in [4.78, 5) is 12.4. The van der Waals surface area contributed by atoms with E-state index in [0.717, 1.165) is 4.31 Å². The maximum absolute atomic E-state index is 12.4. The fraction of sp³-hybridized carbons (Fsp3) is 0.353. The zero-order valence-electron chi connectivity index (χ0n) is 15.6. The molecule has 148 valence electrons. The number of carbonyl (C=O) groups excluding carboxylic acids is 1. The third kappa shape index (κ3) is 4.34. The normalized spacial score (nSPS) is 11.3. The third-order valence-electron chi connectivity index (χ3n) is 3.64. The molecule has 10 heteroatoms. The predicted molar refractivity (Wildman–Crippen MR) is 94.8 cm³/mol. The molecule has 1 aromatic carbocycles. The van der Waals surface area contributed by atoms with E-state index in [4.69, 9.17) is 23.4 Å². The van der Waals surface area contributed by atoms with E-state index in [1.807, 2.05) is 0 Å². The Morgan fingerprint density at radius 3 is 2.15 bits per heavy atom. The lowest BCUT2D eigenvalue weighted by molar-refractivity contribution is 0.0436. The minimum absolute atomic E-state index is 0.128. The average molecular weight is 399 g/mol. The second-order valence-corrected chi connectivity index (χ2v) is 7.57. The molecule has 0 saturated heterocycles. The van der Waals surface area contributed by atoms with Gasteiger partial charge in [-0.15, -0.1) is 0 Å². The molecule has 27 heavy (non-hydrogen) atoms. The van der Waals surface area contributed by atoms with Crippen molar-refractivity contribution in [1.29, 1.82) is 0 Å². The van der Waals surface area contributed by atoms with Crippen LogP contribution in [0.1, 0.15) is 16.1 Å². The van der Waals surface area contributed by atoms with Crippen molar-refractivity contribution in [3.8, 4) is 17.2 Å². The lowest BCUT2D eigenvalue weighted by Crippen LogP contribution is -2.21. The minimum Gasteiger partial charge on any atom is -0.496 e. The molecule has 0 amide bonds. The van der Waals surface area contributed by atoms with Gasteiger partial charge in [-0.1, -0.05) is 0 Å². The molecule has 0 bridgehead atoms. The van der Waals surface area contributed by atoms with E-state index in [2.05, 4.69) is 0 Å². The molecule has 9 nitrogen and oxygen atoms in total. The van der Waals surface area contributed by atoms with E-state index in [-0.39, 0.29) is 28.8 Å². The SMILES string of the molecule is COc1cc(OC)c(C(=O)OCc2ccc(S(=O)(=O)N(C)C)o2)cc1OC. The van der Waals surface area contributed by atoms with Gasteiger partial charge in [0.1, 0.15) is 23.7 Å². The zero-order valence-corrected chi connectivity index (χ0v) is 16.5. The van der Waals surface area contributed by atoms with Crippen molar-refractivity contribution in [2.75, 3.05) is 35.4 Å².